The minimum Gasteiger partial charge on any atom is -0.497 e. The number of ether oxygens (including phenoxy) is 2. The number of hydrogen-bond donors (Lipinski definition) is 0. The Morgan fingerprint density at radius 3 is 2.78 bits per heavy atom. The van der Waals surface area contributed by atoms with Crippen LogP contribution in [-0.2, 0) is 4.74 Å². The molecular weight excluding hydrogens is 254 g/mol. The van der Waals surface area contributed by atoms with Crippen LogP contribution in [0.15, 0.2) is 24.3 Å². The molecule has 0 N–H and O–H groups in total. The molecule has 1 fully saturated rings. The number of halogens is 1. The third-order valence-corrected chi connectivity index (χ3v) is 2.86. The van der Waals surface area contributed by atoms with E-state index in [1.165, 1.54) is 0 Å². The van der Waals surface area contributed by atoms with Gasteiger partial charge in [-0.05, 0) is 12.1 Å². The van der Waals surface area contributed by atoms with Gasteiger partial charge in [-0.15, -0.1) is 12.4 Å². The molecule has 2 rings (SSSR count). The molecule has 0 spiro atoms. The highest BCUT2D eigenvalue weighted by molar-refractivity contribution is 5.97. The lowest BCUT2D eigenvalue weighted by molar-refractivity contribution is 0.0371. The average Bonchev–Trinajstić information content (AvgIpc) is 2.40. The number of morpholine rings is 1. The zero-order chi connectivity index (χ0) is 12.1. The second-order valence-corrected chi connectivity index (χ2v) is 4.04. The van der Waals surface area contributed by atoms with Gasteiger partial charge in [-0.25, -0.2) is 0 Å². The summed E-state index contributed by atoms with van der Waals surface area (Å²) < 4.78 is 10.4. The van der Waals surface area contributed by atoms with Gasteiger partial charge in [-0.3, -0.25) is 9.69 Å². The van der Waals surface area contributed by atoms with Crippen LogP contribution in [0.4, 0.5) is 0 Å². The number of carbonyl (C=O) groups is 1. The van der Waals surface area contributed by atoms with Gasteiger partial charge in [-0.1, -0.05) is 12.1 Å². The smallest absolute Gasteiger partial charge is 0.176 e. The van der Waals surface area contributed by atoms with E-state index in [0.29, 0.717) is 25.3 Å². The van der Waals surface area contributed by atoms with Crippen molar-refractivity contribution >= 4 is 18.2 Å². The van der Waals surface area contributed by atoms with E-state index in [0.717, 1.165) is 18.8 Å². The number of nitrogens with zero attached hydrogens (tertiary/aromatic N) is 1. The minimum atomic E-state index is 0. The molecule has 1 saturated heterocycles. The summed E-state index contributed by atoms with van der Waals surface area (Å²) in [7, 11) is 1.60. The molecule has 1 aromatic carbocycles. The SMILES string of the molecule is COc1cccc(C(=O)CN2CCOCC2)c1.Cl. The lowest BCUT2D eigenvalue weighted by atomic mass is 10.1. The molecule has 0 aromatic heterocycles. The fourth-order valence-electron chi connectivity index (χ4n) is 1.85. The summed E-state index contributed by atoms with van der Waals surface area (Å²) in [5, 5.41) is 0. The highest BCUT2D eigenvalue weighted by Gasteiger charge is 2.15. The topological polar surface area (TPSA) is 38.8 Å². The largest absolute Gasteiger partial charge is 0.497 e. The molecule has 0 bridgehead atoms. The number of Topliss-reactive ketones (excluding diaryl/α,β-unsaturated/α-hetero) is 1. The van der Waals surface area contributed by atoms with Crippen LogP contribution in [0.25, 0.3) is 0 Å². The second kappa shape index (κ2) is 7.36. The number of ketones is 1. The fourth-order valence-corrected chi connectivity index (χ4v) is 1.85. The number of methoxy groups -OCH3 is 1. The minimum absolute atomic E-state index is 0. The molecule has 1 aliphatic rings. The zero-order valence-corrected chi connectivity index (χ0v) is 11.2. The first-order valence-electron chi connectivity index (χ1n) is 5.77. The van der Waals surface area contributed by atoms with Crippen LogP contribution >= 0.6 is 12.4 Å². The van der Waals surface area contributed by atoms with Crippen molar-refractivity contribution in [2.24, 2.45) is 0 Å². The summed E-state index contributed by atoms with van der Waals surface area (Å²) in [6.07, 6.45) is 0. The summed E-state index contributed by atoms with van der Waals surface area (Å²) in [6, 6.07) is 7.28. The van der Waals surface area contributed by atoms with Crippen molar-refractivity contribution in [1.82, 2.24) is 4.90 Å². The second-order valence-electron chi connectivity index (χ2n) is 4.04. The van der Waals surface area contributed by atoms with Gasteiger partial charge in [0.15, 0.2) is 5.78 Å². The lowest BCUT2D eigenvalue weighted by Gasteiger charge is -2.25. The molecule has 4 nitrogen and oxygen atoms in total. The van der Waals surface area contributed by atoms with Crippen LogP contribution < -0.4 is 4.74 Å². The normalized spacial score (nSPS) is 15.8. The third-order valence-electron chi connectivity index (χ3n) is 2.86. The standard InChI is InChI=1S/C13H17NO3.ClH/c1-16-12-4-2-3-11(9-12)13(15)10-14-5-7-17-8-6-14;/h2-4,9H,5-8,10H2,1H3;1H. The molecule has 5 heteroatoms. The van der Waals surface area contributed by atoms with Crippen molar-refractivity contribution in [3.05, 3.63) is 29.8 Å². The summed E-state index contributed by atoms with van der Waals surface area (Å²) >= 11 is 0. The number of hydrogen-bond acceptors (Lipinski definition) is 4. The highest BCUT2D eigenvalue weighted by Crippen LogP contribution is 2.13. The molecule has 18 heavy (non-hydrogen) atoms. The first kappa shape index (κ1) is 15.0. The van der Waals surface area contributed by atoms with Crippen molar-refractivity contribution in [2.75, 3.05) is 40.0 Å². The van der Waals surface area contributed by atoms with Crippen LogP contribution in [0.1, 0.15) is 10.4 Å². The van der Waals surface area contributed by atoms with E-state index in [2.05, 4.69) is 4.90 Å². The van der Waals surface area contributed by atoms with Gasteiger partial charge >= 0.3 is 0 Å². The Morgan fingerprint density at radius 1 is 1.39 bits per heavy atom. The van der Waals surface area contributed by atoms with Crippen LogP contribution in [0, 0.1) is 0 Å². The maximum Gasteiger partial charge on any atom is 0.176 e. The maximum absolute atomic E-state index is 12.0. The first-order valence-corrected chi connectivity index (χ1v) is 5.77. The van der Waals surface area contributed by atoms with E-state index in [9.17, 15) is 4.79 Å². The fraction of sp³-hybridized carbons (Fsp3) is 0.462. The van der Waals surface area contributed by atoms with E-state index in [-0.39, 0.29) is 18.2 Å². The number of carbonyl (C=O) groups excluding carboxylic acids is 1. The summed E-state index contributed by atoms with van der Waals surface area (Å²) in [5.74, 6) is 0.851. The highest BCUT2D eigenvalue weighted by atomic mass is 35.5. The molecule has 1 heterocycles. The molecule has 0 saturated carbocycles. The van der Waals surface area contributed by atoms with Crippen molar-refractivity contribution in [1.29, 1.82) is 0 Å². The summed E-state index contributed by atoms with van der Waals surface area (Å²) in [5.41, 5.74) is 0.704. The van der Waals surface area contributed by atoms with Gasteiger partial charge in [0.05, 0.1) is 26.9 Å². The predicted molar refractivity (Wildman–Crippen MR) is 71.8 cm³/mol. The predicted octanol–water partition coefficient (Wildman–Crippen LogP) is 1.63. The molecule has 0 amide bonds. The van der Waals surface area contributed by atoms with Gasteiger partial charge in [0.2, 0.25) is 0 Å². The average molecular weight is 272 g/mol. The van der Waals surface area contributed by atoms with Gasteiger partial charge in [0.25, 0.3) is 0 Å². The molecule has 0 aliphatic carbocycles. The quantitative estimate of drug-likeness (QED) is 0.781. The van der Waals surface area contributed by atoms with Gasteiger partial charge in [0.1, 0.15) is 5.75 Å². The van der Waals surface area contributed by atoms with Crippen molar-refractivity contribution < 1.29 is 14.3 Å². The van der Waals surface area contributed by atoms with Gasteiger partial charge < -0.3 is 9.47 Å². The Kier molecular flexibility index (Phi) is 6.12. The van der Waals surface area contributed by atoms with Crippen LogP contribution in [-0.4, -0.2) is 50.6 Å². The molecule has 1 aliphatic heterocycles. The van der Waals surface area contributed by atoms with Crippen LogP contribution in [0.3, 0.4) is 0 Å². The van der Waals surface area contributed by atoms with E-state index in [1.54, 1.807) is 13.2 Å². The third kappa shape index (κ3) is 3.98. The Balaban J connectivity index is 0.00000162. The molecule has 0 radical (unpaired) electrons. The van der Waals surface area contributed by atoms with E-state index in [4.69, 9.17) is 9.47 Å². The molecule has 0 atom stereocenters. The summed E-state index contributed by atoms with van der Waals surface area (Å²) in [6.45, 7) is 3.54. The monoisotopic (exact) mass is 271 g/mol. The zero-order valence-electron chi connectivity index (χ0n) is 10.4. The maximum atomic E-state index is 12.0. The van der Waals surface area contributed by atoms with E-state index in [1.807, 2.05) is 18.2 Å². The molecule has 0 unspecified atom stereocenters. The number of benzene rings is 1. The van der Waals surface area contributed by atoms with E-state index >= 15 is 0 Å². The van der Waals surface area contributed by atoms with E-state index < -0.39 is 0 Å². The molecule has 1 aromatic rings. The van der Waals surface area contributed by atoms with Crippen LogP contribution in [0.2, 0.25) is 0 Å². The van der Waals surface area contributed by atoms with Crippen molar-refractivity contribution in [3.8, 4) is 5.75 Å². The van der Waals surface area contributed by atoms with Crippen molar-refractivity contribution in [3.63, 3.8) is 0 Å². The lowest BCUT2D eigenvalue weighted by Crippen LogP contribution is -2.39. The Labute approximate surface area is 113 Å². The Hall–Kier alpha value is -1.10. The molecule has 100 valence electrons. The Bertz CT molecular complexity index is 392. The van der Waals surface area contributed by atoms with Gasteiger partial charge in [-0.2, -0.15) is 0 Å². The number of rotatable bonds is 4. The molecular formula is C13H18ClNO3. The van der Waals surface area contributed by atoms with Gasteiger partial charge in [0, 0.05) is 18.7 Å². The Morgan fingerprint density at radius 2 is 2.11 bits per heavy atom. The van der Waals surface area contributed by atoms with Crippen LogP contribution in [0.5, 0.6) is 5.75 Å². The first-order chi connectivity index (χ1) is 8.29. The van der Waals surface area contributed by atoms with Crippen molar-refractivity contribution in [2.45, 2.75) is 0 Å². The summed E-state index contributed by atoms with van der Waals surface area (Å²) in [4.78, 5) is 14.2.